The highest BCUT2D eigenvalue weighted by molar-refractivity contribution is 5.69. The van der Waals surface area contributed by atoms with Gasteiger partial charge in [0.15, 0.2) is 0 Å². The van der Waals surface area contributed by atoms with Crippen LogP contribution in [0.25, 0.3) is 0 Å². The van der Waals surface area contributed by atoms with Crippen molar-refractivity contribution in [1.29, 1.82) is 0 Å². The Morgan fingerprint density at radius 3 is 1.35 bits per heavy atom. The number of ether oxygens (including phenoxy) is 2. The Morgan fingerprint density at radius 1 is 0.500 bits per heavy atom. The molecule has 0 fully saturated rings. The molecule has 0 aliphatic heterocycles. The van der Waals surface area contributed by atoms with E-state index in [1.54, 1.807) is 0 Å². The Balaban J connectivity index is 3.44. The minimum Gasteiger partial charge on any atom is -0.457 e. The standard InChI is InChI=1S/C44H80O4/c1-3-5-7-9-11-13-15-17-19-20-21-22-23-24-25-26-28-30-32-34-36-38-40-47-42-43(41-45)48-44(46)39-37-35-33-31-29-27-18-16-14-12-10-8-6-4-2/h10,12,15-18,20-21,43,45H,3-9,11,13-14,19,22-42H2,1-2H3/b12-10-,17-15-,18-16-,21-20-. The van der Waals surface area contributed by atoms with Gasteiger partial charge in [0.2, 0.25) is 0 Å². The summed E-state index contributed by atoms with van der Waals surface area (Å²) in [6.07, 6.45) is 53.1. The Labute approximate surface area is 299 Å². The molecule has 0 rings (SSSR count). The van der Waals surface area contributed by atoms with Crippen molar-refractivity contribution in [2.75, 3.05) is 19.8 Å². The number of carbonyl (C=O) groups excluding carboxylic acids is 1. The van der Waals surface area contributed by atoms with Gasteiger partial charge in [0.05, 0.1) is 13.2 Å². The first-order valence-corrected chi connectivity index (χ1v) is 20.7. The second kappa shape index (κ2) is 41.5. The van der Waals surface area contributed by atoms with Crippen LogP contribution in [0.3, 0.4) is 0 Å². The van der Waals surface area contributed by atoms with E-state index in [4.69, 9.17) is 9.47 Å². The number of allylic oxidation sites excluding steroid dienone is 8. The monoisotopic (exact) mass is 673 g/mol. The van der Waals surface area contributed by atoms with E-state index in [-0.39, 0.29) is 19.2 Å². The van der Waals surface area contributed by atoms with E-state index < -0.39 is 6.10 Å². The van der Waals surface area contributed by atoms with Gasteiger partial charge >= 0.3 is 5.97 Å². The van der Waals surface area contributed by atoms with Gasteiger partial charge in [0, 0.05) is 13.0 Å². The van der Waals surface area contributed by atoms with Crippen LogP contribution in [0.5, 0.6) is 0 Å². The molecule has 0 spiro atoms. The molecule has 280 valence electrons. The second-order valence-electron chi connectivity index (χ2n) is 13.7. The number of hydrogen-bond acceptors (Lipinski definition) is 4. The number of aliphatic hydroxyl groups excluding tert-OH is 1. The average molecular weight is 673 g/mol. The lowest BCUT2D eigenvalue weighted by molar-refractivity contribution is -0.154. The molecule has 0 aliphatic rings. The molecule has 1 N–H and O–H groups in total. The fourth-order valence-corrected chi connectivity index (χ4v) is 5.73. The summed E-state index contributed by atoms with van der Waals surface area (Å²) in [6, 6.07) is 0. The van der Waals surface area contributed by atoms with E-state index in [1.165, 1.54) is 135 Å². The Bertz CT molecular complexity index is 753. The van der Waals surface area contributed by atoms with Crippen LogP contribution in [0.1, 0.15) is 200 Å². The molecule has 1 atom stereocenters. The molecule has 48 heavy (non-hydrogen) atoms. The van der Waals surface area contributed by atoms with E-state index in [1.807, 2.05) is 0 Å². The summed E-state index contributed by atoms with van der Waals surface area (Å²) in [4.78, 5) is 12.2. The van der Waals surface area contributed by atoms with Crippen molar-refractivity contribution in [1.82, 2.24) is 0 Å². The minimum atomic E-state index is -0.543. The molecule has 0 radical (unpaired) electrons. The fourth-order valence-electron chi connectivity index (χ4n) is 5.73. The predicted molar refractivity (Wildman–Crippen MR) is 210 cm³/mol. The number of carbonyl (C=O) groups is 1. The number of unbranched alkanes of at least 4 members (excludes halogenated alkanes) is 22. The van der Waals surface area contributed by atoms with Gasteiger partial charge in [-0.05, 0) is 70.6 Å². The number of esters is 1. The summed E-state index contributed by atoms with van der Waals surface area (Å²) in [7, 11) is 0. The lowest BCUT2D eigenvalue weighted by atomic mass is 10.1. The molecule has 0 aromatic carbocycles. The van der Waals surface area contributed by atoms with E-state index in [0.717, 1.165) is 44.9 Å². The Kier molecular flexibility index (Phi) is 40.1. The van der Waals surface area contributed by atoms with Gasteiger partial charge < -0.3 is 14.6 Å². The summed E-state index contributed by atoms with van der Waals surface area (Å²) >= 11 is 0. The smallest absolute Gasteiger partial charge is 0.306 e. The summed E-state index contributed by atoms with van der Waals surface area (Å²) in [6.45, 7) is 5.28. The molecular weight excluding hydrogens is 592 g/mol. The van der Waals surface area contributed by atoms with Gasteiger partial charge in [-0.1, -0.05) is 172 Å². The van der Waals surface area contributed by atoms with Crippen LogP contribution in [-0.4, -0.2) is 37.0 Å². The zero-order valence-electron chi connectivity index (χ0n) is 32.0. The van der Waals surface area contributed by atoms with Gasteiger partial charge in [-0.2, -0.15) is 0 Å². The SMILES string of the molecule is CCCC/C=C\C/C=C\CCCCCCCC(=O)OC(CO)COCCCCCCCCCCCC/C=C\C/C=C\CCCCCCC. The molecule has 0 saturated carbocycles. The van der Waals surface area contributed by atoms with E-state index in [0.29, 0.717) is 13.0 Å². The molecular formula is C44H80O4. The first kappa shape index (κ1) is 46.4. The van der Waals surface area contributed by atoms with Crippen LogP contribution in [0, 0.1) is 0 Å². The van der Waals surface area contributed by atoms with Gasteiger partial charge in [0.25, 0.3) is 0 Å². The van der Waals surface area contributed by atoms with E-state index in [9.17, 15) is 9.90 Å². The average Bonchev–Trinajstić information content (AvgIpc) is 3.09. The molecule has 4 nitrogen and oxygen atoms in total. The van der Waals surface area contributed by atoms with Crippen molar-refractivity contribution in [3.63, 3.8) is 0 Å². The fraction of sp³-hybridized carbons (Fsp3) is 0.795. The largest absolute Gasteiger partial charge is 0.457 e. The quantitative estimate of drug-likeness (QED) is 0.0403. The molecule has 0 heterocycles. The predicted octanol–water partition coefficient (Wildman–Crippen LogP) is 13.5. The van der Waals surface area contributed by atoms with Gasteiger partial charge in [-0.25, -0.2) is 0 Å². The lowest BCUT2D eigenvalue weighted by Gasteiger charge is -2.15. The molecule has 0 aromatic rings. The van der Waals surface area contributed by atoms with Crippen LogP contribution >= 0.6 is 0 Å². The Morgan fingerprint density at radius 2 is 0.896 bits per heavy atom. The van der Waals surface area contributed by atoms with Crippen LogP contribution in [0.4, 0.5) is 0 Å². The molecule has 0 amide bonds. The lowest BCUT2D eigenvalue weighted by Crippen LogP contribution is -2.27. The zero-order chi connectivity index (χ0) is 34.9. The number of hydrogen-bond donors (Lipinski definition) is 1. The maximum Gasteiger partial charge on any atom is 0.306 e. The summed E-state index contributed by atoms with van der Waals surface area (Å²) in [5.74, 6) is -0.216. The van der Waals surface area contributed by atoms with Crippen molar-refractivity contribution >= 4 is 5.97 Å². The molecule has 0 aromatic heterocycles. The molecule has 1 unspecified atom stereocenters. The first-order valence-electron chi connectivity index (χ1n) is 20.7. The van der Waals surface area contributed by atoms with Crippen LogP contribution in [-0.2, 0) is 14.3 Å². The first-order chi connectivity index (χ1) is 23.7. The molecule has 0 bridgehead atoms. The molecule has 0 saturated heterocycles. The summed E-state index contributed by atoms with van der Waals surface area (Å²) < 4.78 is 11.1. The van der Waals surface area contributed by atoms with Gasteiger partial charge in [-0.3, -0.25) is 4.79 Å². The van der Waals surface area contributed by atoms with Crippen molar-refractivity contribution in [3.05, 3.63) is 48.6 Å². The van der Waals surface area contributed by atoms with Crippen LogP contribution < -0.4 is 0 Å². The maximum atomic E-state index is 12.2. The molecule has 0 aliphatic carbocycles. The normalized spacial score (nSPS) is 12.8. The van der Waals surface area contributed by atoms with E-state index >= 15 is 0 Å². The third kappa shape index (κ3) is 38.8. The topological polar surface area (TPSA) is 55.8 Å². The highest BCUT2D eigenvalue weighted by Crippen LogP contribution is 2.13. The highest BCUT2D eigenvalue weighted by Gasteiger charge is 2.13. The summed E-state index contributed by atoms with van der Waals surface area (Å²) in [5.41, 5.74) is 0. The second-order valence-corrected chi connectivity index (χ2v) is 13.7. The summed E-state index contributed by atoms with van der Waals surface area (Å²) in [5, 5.41) is 9.58. The Hall–Kier alpha value is -1.65. The van der Waals surface area contributed by atoms with Crippen LogP contribution in [0.2, 0.25) is 0 Å². The van der Waals surface area contributed by atoms with Crippen molar-refractivity contribution in [2.24, 2.45) is 0 Å². The van der Waals surface area contributed by atoms with Gasteiger partial charge in [0.1, 0.15) is 6.10 Å². The third-order valence-corrected chi connectivity index (χ3v) is 8.88. The zero-order valence-corrected chi connectivity index (χ0v) is 32.0. The highest BCUT2D eigenvalue weighted by atomic mass is 16.6. The number of aliphatic hydroxyl groups is 1. The maximum absolute atomic E-state index is 12.2. The van der Waals surface area contributed by atoms with Gasteiger partial charge in [-0.15, -0.1) is 0 Å². The minimum absolute atomic E-state index is 0.179. The third-order valence-electron chi connectivity index (χ3n) is 8.88. The number of rotatable bonds is 38. The van der Waals surface area contributed by atoms with Crippen LogP contribution in [0.15, 0.2) is 48.6 Å². The van der Waals surface area contributed by atoms with Crippen molar-refractivity contribution < 1.29 is 19.4 Å². The van der Waals surface area contributed by atoms with E-state index in [2.05, 4.69) is 62.5 Å². The molecule has 4 heteroatoms. The van der Waals surface area contributed by atoms with Crippen molar-refractivity contribution in [3.8, 4) is 0 Å². The van der Waals surface area contributed by atoms with Crippen molar-refractivity contribution in [2.45, 2.75) is 206 Å².